The molecule has 0 fully saturated rings. The minimum Gasteiger partial charge on any atom is -0.340 e. The summed E-state index contributed by atoms with van der Waals surface area (Å²) in [4.78, 5) is 26.8. The normalized spacial score (nSPS) is 12.6. The van der Waals surface area contributed by atoms with Crippen LogP contribution >= 0.6 is 11.8 Å². The van der Waals surface area contributed by atoms with Gasteiger partial charge in [-0.25, -0.2) is 8.42 Å². The highest BCUT2D eigenvalue weighted by Gasteiger charge is 2.26. The lowest BCUT2D eigenvalue weighted by molar-refractivity contribution is -0.118. The Kier molecular flexibility index (Phi) is 9.30. The molecule has 0 saturated carbocycles. The standard InChI is InChI=1S/C23H31N3O4S2/c1-6-26(7-2)32(29,30)20-13-8-10-17(14-20)22(27)25-21(16(3)4)23(28)24-18-11-9-12-19(15-18)31-5/h8-16,21H,6-7H2,1-5H3,(H,24,28)(H,25,27)/t21-/m0/s1. The fourth-order valence-corrected chi connectivity index (χ4v) is 5.15. The molecule has 1 atom stereocenters. The van der Waals surface area contributed by atoms with Crippen LogP contribution in [0.1, 0.15) is 38.1 Å². The third kappa shape index (κ3) is 6.34. The zero-order valence-electron chi connectivity index (χ0n) is 19.1. The average Bonchev–Trinajstić information content (AvgIpc) is 2.77. The van der Waals surface area contributed by atoms with Crippen molar-refractivity contribution in [1.29, 1.82) is 0 Å². The molecule has 7 nitrogen and oxygen atoms in total. The first-order valence-corrected chi connectivity index (χ1v) is 13.2. The lowest BCUT2D eigenvalue weighted by atomic mass is 10.0. The predicted molar refractivity (Wildman–Crippen MR) is 129 cm³/mol. The van der Waals surface area contributed by atoms with E-state index in [1.54, 1.807) is 31.7 Å². The molecular formula is C23H31N3O4S2. The Hall–Kier alpha value is -2.36. The van der Waals surface area contributed by atoms with Gasteiger partial charge in [-0.15, -0.1) is 11.8 Å². The van der Waals surface area contributed by atoms with Crippen LogP contribution in [-0.2, 0) is 14.8 Å². The smallest absolute Gasteiger partial charge is 0.251 e. The first-order chi connectivity index (χ1) is 15.1. The fraction of sp³-hybridized carbons (Fsp3) is 0.391. The Balaban J connectivity index is 2.22. The van der Waals surface area contributed by atoms with E-state index in [9.17, 15) is 18.0 Å². The molecule has 0 spiro atoms. The van der Waals surface area contributed by atoms with Gasteiger partial charge in [-0.05, 0) is 48.6 Å². The highest BCUT2D eigenvalue weighted by Crippen LogP contribution is 2.20. The highest BCUT2D eigenvalue weighted by molar-refractivity contribution is 7.98. The number of carbonyl (C=O) groups excluding carboxylic acids is 2. The maximum absolute atomic E-state index is 12.9. The Morgan fingerprint density at radius 3 is 2.28 bits per heavy atom. The summed E-state index contributed by atoms with van der Waals surface area (Å²) in [6.07, 6.45) is 1.95. The molecule has 0 aliphatic carbocycles. The third-order valence-electron chi connectivity index (χ3n) is 5.01. The number of hydrogen-bond acceptors (Lipinski definition) is 5. The number of benzene rings is 2. The molecule has 0 radical (unpaired) electrons. The van der Waals surface area contributed by atoms with Gasteiger partial charge in [0.25, 0.3) is 5.91 Å². The Morgan fingerprint density at radius 2 is 1.69 bits per heavy atom. The van der Waals surface area contributed by atoms with Gasteiger partial charge in [0, 0.05) is 29.2 Å². The van der Waals surface area contributed by atoms with Gasteiger partial charge in [-0.2, -0.15) is 4.31 Å². The lowest BCUT2D eigenvalue weighted by Crippen LogP contribution is -2.47. The lowest BCUT2D eigenvalue weighted by Gasteiger charge is -2.22. The van der Waals surface area contributed by atoms with Crippen molar-refractivity contribution in [2.45, 2.75) is 43.5 Å². The molecule has 0 heterocycles. The van der Waals surface area contributed by atoms with Crippen molar-refractivity contribution < 1.29 is 18.0 Å². The van der Waals surface area contributed by atoms with Gasteiger partial charge < -0.3 is 10.6 Å². The van der Waals surface area contributed by atoms with Crippen LogP contribution in [0.15, 0.2) is 58.3 Å². The first kappa shape index (κ1) is 25.9. The van der Waals surface area contributed by atoms with Crippen LogP contribution in [-0.4, -0.2) is 49.9 Å². The van der Waals surface area contributed by atoms with E-state index in [-0.39, 0.29) is 22.3 Å². The van der Waals surface area contributed by atoms with Crippen LogP contribution in [0.25, 0.3) is 0 Å². The molecule has 0 bridgehead atoms. The molecule has 2 rings (SSSR count). The number of hydrogen-bond donors (Lipinski definition) is 2. The summed E-state index contributed by atoms with van der Waals surface area (Å²) in [5, 5.41) is 5.60. The van der Waals surface area contributed by atoms with Crippen molar-refractivity contribution in [2.75, 3.05) is 24.7 Å². The summed E-state index contributed by atoms with van der Waals surface area (Å²) in [7, 11) is -3.69. The van der Waals surface area contributed by atoms with Crippen molar-refractivity contribution in [3.8, 4) is 0 Å². The van der Waals surface area contributed by atoms with E-state index in [0.717, 1.165) is 4.90 Å². The van der Waals surface area contributed by atoms with Crippen molar-refractivity contribution in [1.82, 2.24) is 9.62 Å². The van der Waals surface area contributed by atoms with E-state index >= 15 is 0 Å². The minimum atomic E-state index is -3.69. The molecule has 0 aliphatic heterocycles. The van der Waals surface area contributed by atoms with Crippen LogP contribution < -0.4 is 10.6 Å². The van der Waals surface area contributed by atoms with Gasteiger partial charge in [-0.1, -0.05) is 39.8 Å². The summed E-state index contributed by atoms with van der Waals surface area (Å²) in [5.41, 5.74) is 0.829. The summed E-state index contributed by atoms with van der Waals surface area (Å²) in [5.74, 6) is -1.02. The minimum absolute atomic E-state index is 0.0493. The molecule has 0 saturated heterocycles. The van der Waals surface area contributed by atoms with E-state index in [1.807, 2.05) is 38.3 Å². The van der Waals surface area contributed by atoms with E-state index < -0.39 is 22.0 Å². The van der Waals surface area contributed by atoms with Crippen LogP contribution in [0.3, 0.4) is 0 Å². The second kappa shape index (κ2) is 11.5. The Morgan fingerprint density at radius 1 is 1.03 bits per heavy atom. The zero-order chi connectivity index (χ0) is 23.9. The summed E-state index contributed by atoms with van der Waals surface area (Å²) in [6.45, 7) is 7.87. The molecule has 2 amide bonds. The summed E-state index contributed by atoms with van der Waals surface area (Å²) >= 11 is 1.57. The summed E-state index contributed by atoms with van der Waals surface area (Å²) < 4.78 is 26.9. The quantitative estimate of drug-likeness (QED) is 0.507. The van der Waals surface area contributed by atoms with E-state index in [0.29, 0.717) is 18.8 Å². The van der Waals surface area contributed by atoms with Gasteiger partial charge in [0.1, 0.15) is 6.04 Å². The number of amides is 2. The number of thioether (sulfide) groups is 1. The van der Waals surface area contributed by atoms with Gasteiger partial charge in [-0.3, -0.25) is 9.59 Å². The fourth-order valence-electron chi connectivity index (χ4n) is 3.19. The van der Waals surface area contributed by atoms with E-state index in [1.165, 1.54) is 28.6 Å². The van der Waals surface area contributed by atoms with Crippen LogP contribution in [0.5, 0.6) is 0 Å². The number of anilines is 1. The van der Waals surface area contributed by atoms with Crippen LogP contribution in [0, 0.1) is 5.92 Å². The van der Waals surface area contributed by atoms with E-state index in [2.05, 4.69) is 10.6 Å². The first-order valence-electron chi connectivity index (χ1n) is 10.5. The molecule has 174 valence electrons. The summed E-state index contributed by atoms with van der Waals surface area (Å²) in [6, 6.07) is 12.5. The van der Waals surface area contributed by atoms with E-state index in [4.69, 9.17) is 0 Å². The molecule has 2 aromatic carbocycles. The number of carbonyl (C=O) groups is 2. The van der Waals surface area contributed by atoms with Crippen molar-refractivity contribution in [2.24, 2.45) is 5.92 Å². The molecular weight excluding hydrogens is 446 g/mol. The van der Waals surface area contributed by atoms with Crippen LogP contribution in [0.4, 0.5) is 5.69 Å². The van der Waals surface area contributed by atoms with Gasteiger partial charge >= 0.3 is 0 Å². The molecule has 2 N–H and O–H groups in total. The maximum Gasteiger partial charge on any atom is 0.251 e. The van der Waals surface area contributed by atoms with Gasteiger partial charge in [0.15, 0.2) is 0 Å². The molecule has 32 heavy (non-hydrogen) atoms. The second-order valence-electron chi connectivity index (χ2n) is 7.53. The topological polar surface area (TPSA) is 95.6 Å². The molecule has 0 unspecified atom stereocenters. The second-order valence-corrected chi connectivity index (χ2v) is 10.4. The largest absolute Gasteiger partial charge is 0.340 e. The highest BCUT2D eigenvalue weighted by atomic mass is 32.2. The number of sulfonamides is 1. The number of rotatable bonds is 10. The van der Waals surface area contributed by atoms with Crippen molar-refractivity contribution in [3.63, 3.8) is 0 Å². The average molecular weight is 478 g/mol. The predicted octanol–water partition coefficient (Wildman–Crippen LogP) is 3.83. The molecule has 9 heteroatoms. The monoisotopic (exact) mass is 477 g/mol. The zero-order valence-corrected chi connectivity index (χ0v) is 20.7. The Labute approximate surface area is 195 Å². The number of nitrogens with one attached hydrogen (secondary N) is 2. The molecule has 0 aliphatic rings. The SMILES string of the molecule is CCN(CC)S(=O)(=O)c1cccc(C(=O)N[C@H](C(=O)Nc2cccc(SC)c2)C(C)C)c1. The number of nitrogens with zero attached hydrogens (tertiary/aromatic N) is 1. The van der Waals surface area contributed by atoms with Crippen LogP contribution in [0.2, 0.25) is 0 Å². The van der Waals surface area contributed by atoms with Gasteiger partial charge in [0.05, 0.1) is 4.90 Å². The molecule has 2 aromatic rings. The Bertz CT molecular complexity index is 1050. The van der Waals surface area contributed by atoms with Crippen molar-refractivity contribution >= 4 is 39.3 Å². The van der Waals surface area contributed by atoms with Crippen molar-refractivity contribution in [3.05, 3.63) is 54.1 Å². The maximum atomic E-state index is 12.9. The third-order valence-corrected chi connectivity index (χ3v) is 7.78. The molecule has 0 aromatic heterocycles. The van der Waals surface area contributed by atoms with Gasteiger partial charge in [0.2, 0.25) is 15.9 Å².